The summed E-state index contributed by atoms with van der Waals surface area (Å²) >= 11 is 0. The maximum absolute atomic E-state index is 12.3. The van der Waals surface area contributed by atoms with Crippen LogP contribution in [0.4, 0.5) is 5.69 Å². The smallest absolute Gasteiger partial charge is 0.248 e. The minimum Gasteiger partial charge on any atom is -0.496 e. The van der Waals surface area contributed by atoms with E-state index in [0.29, 0.717) is 28.9 Å². The van der Waals surface area contributed by atoms with Crippen LogP contribution in [0, 0.1) is 0 Å². The molecule has 0 aliphatic carbocycles. The predicted octanol–water partition coefficient (Wildman–Crippen LogP) is 5.22. The van der Waals surface area contributed by atoms with Gasteiger partial charge in [-0.25, -0.2) is 0 Å². The highest BCUT2D eigenvalue weighted by Crippen LogP contribution is 2.33. The zero-order valence-corrected chi connectivity index (χ0v) is 16.8. The van der Waals surface area contributed by atoms with Crippen molar-refractivity contribution in [1.82, 2.24) is 0 Å². The van der Waals surface area contributed by atoms with Gasteiger partial charge in [0.25, 0.3) is 0 Å². The van der Waals surface area contributed by atoms with E-state index >= 15 is 0 Å². The second-order valence-electron chi connectivity index (χ2n) is 6.98. The number of hydrogen-bond acceptors (Lipinski definition) is 4. The summed E-state index contributed by atoms with van der Waals surface area (Å²) in [6.45, 7) is 4.13. The molecule has 0 fully saturated rings. The lowest BCUT2D eigenvalue weighted by molar-refractivity contribution is -0.111. The molecular weight excluding hydrogens is 366 g/mol. The molecule has 1 aromatic heterocycles. The van der Waals surface area contributed by atoms with E-state index in [1.807, 2.05) is 18.2 Å². The van der Waals surface area contributed by atoms with Gasteiger partial charge in [0.1, 0.15) is 23.9 Å². The third kappa shape index (κ3) is 5.15. The van der Waals surface area contributed by atoms with Crippen LogP contribution in [0.1, 0.15) is 36.7 Å². The maximum Gasteiger partial charge on any atom is 0.248 e. The predicted molar refractivity (Wildman–Crippen MR) is 115 cm³/mol. The molecule has 3 aromatic rings. The molecule has 2 aromatic carbocycles. The van der Waals surface area contributed by atoms with Crippen LogP contribution in [-0.4, -0.2) is 18.1 Å². The summed E-state index contributed by atoms with van der Waals surface area (Å²) in [6, 6.07) is 17.0. The zero-order valence-electron chi connectivity index (χ0n) is 16.8. The molecule has 2 N–H and O–H groups in total. The minimum atomic E-state index is -0.228. The normalized spacial score (nSPS) is 11.2. The molecule has 0 aliphatic rings. The van der Waals surface area contributed by atoms with Crippen molar-refractivity contribution in [3.05, 3.63) is 77.6 Å². The average molecular weight is 391 g/mol. The number of amides is 1. The van der Waals surface area contributed by atoms with E-state index in [4.69, 9.17) is 14.3 Å². The van der Waals surface area contributed by atoms with Gasteiger partial charge in [-0.05, 0) is 47.4 Å². The topological polar surface area (TPSA) is 71.7 Å². The van der Waals surface area contributed by atoms with Crippen LogP contribution in [-0.2, 0) is 11.4 Å². The third-order valence-corrected chi connectivity index (χ3v) is 4.58. The molecule has 0 aliphatic heterocycles. The van der Waals surface area contributed by atoms with E-state index in [-0.39, 0.29) is 12.5 Å². The van der Waals surface area contributed by atoms with Crippen LogP contribution in [0.15, 0.2) is 65.1 Å². The highest BCUT2D eigenvalue weighted by atomic mass is 16.5. The third-order valence-electron chi connectivity index (χ3n) is 4.58. The monoisotopic (exact) mass is 391 g/mol. The molecule has 0 saturated heterocycles. The zero-order chi connectivity index (χ0) is 20.8. The molecule has 5 nitrogen and oxygen atoms in total. The second kappa shape index (κ2) is 9.26. The number of benzene rings is 2. The van der Waals surface area contributed by atoms with E-state index < -0.39 is 0 Å². The van der Waals surface area contributed by atoms with Gasteiger partial charge >= 0.3 is 0 Å². The van der Waals surface area contributed by atoms with E-state index in [9.17, 15) is 4.79 Å². The van der Waals surface area contributed by atoms with Crippen LogP contribution >= 0.6 is 0 Å². The van der Waals surface area contributed by atoms with Crippen LogP contribution in [0.25, 0.3) is 17.4 Å². The summed E-state index contributed by atoms with van der Waals surface area (Å²) < 4.78 is 11.0. The number of ether oxygens (including phenoxy) is 1. The Labute approximate surface area is 170 Å². The van der Waals surface area contributed by atoms with Gasteiger partial charge in [-0.3, -0.25) is 4.79 Å². The molecule has 150 valence electrons. The van der Waals surface area contributed by atoms with Crippen LogP contribution < -0.4 is 10.1 Å². The van der Waals surface area contributed by atoms with Crippen LogP contribution in [0.3, 0.4) is 0 Å². The quantitative estimate of drug-likeness (QED) is 0.542. The number of furan rings is 1. The van der Waals surface area contributed by atoms with Crippen molar-refractivity contribution in [3.8, 4) is 17.1 Å². The number of anilines is 1. The van der Waals surface area contributed by atoms with Crippen molar-refractivity contribution < 1.29 is 19.1 Å². The van der Waals surface area contributed by atoms with Gasteiger partial charge in [-0.15, -0.1) is 0 Å². The fourth-order valence-corrected chi connectivity index (χ4v) is 2.93. The van der Waals surface area contributed by atoms with Gasteiger partial charge in [0.15, 0.2) is 0 Å². The Morgan fingerprint density at radius 2 is 1.90 bits per heavy atom. The Morgan fingerprint density at radius 1 is 1.14 bits per heavy atom. The van der Waals surface area contributed by atoms with Crippen LogP contribution in [0.2, 0.25) is 0 Å². The number of nitrogens with one attached hydrogen (secondary N) is 1. The summed E-state index contributed by atoms with van der Waals surface area (Å²) in [5, 5.41) is 12.0. The van der Waals surface area contributed by atoms with Gasteiger partial charge < -0.3 is 19.6 Å². The van der Waals surface area contributed by atoms with E-state index in [1.54, 1.807) is 37.5 Å². The van der Waals surface area contributed by atoms with E-state index in [1.165, 1.54) is 11.6 Å². The molecule has 29 heavy (non-hydrogen) atoms. The van der Waals surface area contributed by atoms with Crippen molar-refractivity contribution in [3.63, 3.8) is 0 Å². The lowest BCUT2D eigenvalue weighted by Crippen LogP contribution is -2.07. The number of aliphatic hydroxyl groups is 1. The van der Waals surface area contributed by atoms with Crippen LogP contribution in [0.5, 0.6) is 5.75 Å². The van der Waals surface area contributed by atoms with E-state index in [0.717, 1.165) is 11.1 Å². The highest BCUT2D eigenvalue weighted by Gasteiger charge is 2.12. The number of hydrogen-bond donors (Lipinski definition) is 2. The molecule has 5 heteroatoms. The summed E-state index contributed by atoms with van der Waals surface area (Å²) in [7, 11) is 1.56. The van der Waals surface area contributed by atoms with Crippen molar-refractivity contribution in [2.24, 2.45) is 0 Å². The number of aliphatic hydroxyl groups excluding tert-OH is 1. The van der Waals surface area contributed by atoms with Gasteiger partial charge in [0.2, 0.25) is 5.91 Å². The average Bonchev–Trinajstić information content (AvgIpc) is 3.21. The largest absolute Gasteiger partial charge is 0.496 e. The molecule has 0 bridgehead atoms. The summed E-state index contributed by atoms with van der Waals surface area (Å²) in [5.74, 6) is 1.88. The first-order valence-corrected chi connectivity index (χ1v) is 9.47. The molecule has 1 heterocycles. The molecule has 0 saturated carbocycles. The Balaban J connectivity index is 1.70. The molecular formula is C24H25NO4. The molecule has 0 radical (unpaired) electrons. The van der Waals surface area contributed by atoms with Crippen molar-refractivity contribution in [2.75, 3.05) is 12.4 Å². The van der Waals surface area contributed by atoms with Gasteiger partial charge in [0.05, 0.1) is 12.7 Å². The molecule has 3 rings (SSSR count). The van der Waals surface area contributed by atoms with Gasteiger partial charge in [-0.2, -0.15) is 0 Å². The molecule has 0 unspecified atom stereocenters. The number of rotatable bonds is 7. The second-order valence-corrected chi connectivity index (χ2v) is 6.98. The van der Waals surface area contributed by atoms with Crippen molar-refractivity contribution in [2.45, 2.75) is 26.4 Å². The first-order valence-electron chi connectivity index (χ1n) is 9.47. The summed E-state index contributed by atoms with van der Waals surface area (Å²) in [4.78, 5) is 12.3. The van der Waals surface area contributed by atoms with Gasteiger partial charge in [0, 0.05) is 17.8 Å². The van der Waals surface area contributed by atoms with Gasteiger partial charge in [-0.1, -0.05) is 38.1 Å². The first-order chi connectivity index (χ1) is 14.0. The highest BCUT2D eigenvalue weighted by molar-refractivity contribution is 6.02. The maximum atomic E-state index is 12.3. The molecule has 0 spiro atoms. The number of methoxy groups -OCH3 is 1. The number of carbonyl (C=O) groups is 1. The Kier molecular flexibility index (Phi) is 6.52. The van der Waals surface area contributed by atoms with E-state index in [2.05, 4.69) is 31.3 Å². The minimum absolute atomic E-state index is 0.164. The summed E-state index contributed by atoms with van der Waals surface area (Å²) in [5.41, 5.74) is 3.59. The SMILES string of the molecule is COc1cc(NC(=O)/C=C/c2ccc(C(C)C)cc2)ccc1-c1ccc(CO)o1. The lowest BCUT2D eigenvalue weighted by atomic mass is 10.0. The molecule has 1 amide bonds. The molecule has 0 atom stereocenters. The standard InChI is InChI=1S/C24H25NO4/c1-16(2)18-7-4-17(5-8-18)6-13-24(27)25-19-9-11-21(23(14-19)28-3)22-12-10-20(15-26)29-22/h4-14,16,26H,15H2,1-3H3,(H,25,27)/b13-6+. The fraction of sp³-hybridized carbons (Fsp3) is 0.208. The Hall–Kier alpha value is -3.31. The van der Waals surface area contributed by atoms with Crippen molar-refractivity contribution >= 4 is 17.7 Å². The van der Waals surface area contributed by atoms with Crippen molar-refractivity contribution in [1.29, 1.82) is 0 Å². The summed E-state index contributed by atoms with van der Waals surface area (Å²) in [6.07, 6.45) is 3.29. The fourth-order valence-electron chi connectivity index (χ4n) is 2.93. The Morgan fingerprint density at radius 3 is 2.52 bits per heavy atom. The lowest BCUT2D eigenvalue weighted by Gasteiger charge is -2.09. The first kappa shape index (κ1) is 20.4. The Bertz CT molecular complexity index is 1000. The number of carbonyl (C=O) groups excluding carboxylic acids is 1.